The van der Waals surface area contributed by atoms with E-state index in [0.717, 1.165) is 25.7 Å². The van der Waals surface area contributed by atoms with Gasteiger partial charge in [0.1, 0.15) is 12.1 Å². The lowest BCUT2D eigenvalue weighted by atomic mass is 10.0. The Morgan fingerprint density at radius 3 is 2.36 bits per heavy atom. The lowest BCUT2D eigenvalue weighted by Crippen LogP contribution is -2.69. The summed E-state index contributed by atoms with van der Waals surface area (Å²) in [6, 6.07) is -1.44. The van der Waals surface area contributed by atoms with Gasteiger partial charge in [0.2, 0.25) is 5.91 Å². The van der Waals surface area contributed by atoms with Crippen LogP contribution in [0.15, 0.2) is 0 Å². The average molecular weight is 396 g/mol. The fourth-order valence-corrected chi connectivity index (χ4v) is 4.60. The number of hydrogen-bond donors (Lipinski definition) is 2. The molecule has 0 radical (unpaired) electrons. The Hall–Kier alpha value is -1.47. The van der Waals surface area contributed by atoms with Crippen molar-refractivity contribution < 1.29 is 18.9 Å². The van der Waals surface area contributed by atoms with Gasteiger partial charge in [-0.15, -0.1) is 0 Å². The van der Waals surface area contributed by atoms with Gasteiger partial charge >= 0.3 is 11.9 Å². The van der Waals surface area contributed by atoms with Crippen molar-refractivity contribution in [2.45, 2.75) is 97.3 Å². The highest BCUT2D eigenvalue weighted by atomic mass is 16.2. The zero-order valence-electron chi connectivity index (χ0n) is 18.5. The molecule has 0 aromatic carbocycles. The zero-order valence-corrected chi connectivity index (χ0v) is 18.5. The SMILES string of the molecule is CC[C@@H]1CCC[N+]1(C(=O)NC(C)(C)C)C(=O)[C@@H]1CCCN1C(=O)[C@@H](N)C(C)C. The maximum Gasteiger partial charge on any atom is 0.424 e. The normalized spacial score (nSPS) is 29.2. The van der Waals surface area contributed by atoms with Gasteiger partial charge in [0.25, 0.3) is 0 Å². The van der Waals surface area contributed by atoms with Gasteiger partial charge in [-0.05, 0) is 46.0 Å². The molecule has 7 nitrogen and oxygen atoms in total. The standard InChI is InChI=1S/C21H38N4O3/c1-7-15-10-9-13-25(15,20(28)23-21(4,5)6)19(27)16-11-8-12-24(16)18(26)17(22)14(2)3/h14-17H,7-13,22H2,1-6H3/p+1/t15-,16+,17+,25?/m1/s1. The average Bonchev–Trinajstić information content (AvgIpc) is 3.25. The smallest absolute Gasteiger partial charge is 0.325 e. The molecule has 3 N–H and O–H groups in total. The molecule has 0 bridgehead atoms. The molecular weight excluding hydrogens is 356 g/mol. The van der Waals surface area contributed by atoms with Crippen LogP contribution in [0.2, 0.25) is 0 Å². The third-order valence-electron chi connectivity index (χ3n) is 6.20. The largest absolute Gasteiger partial charge is 0.424 e. The Morgan fingerprint density at radius 2 is 1.82 bits per heavy atom. The van der Waals surface area contributed by atoms with Gasteiger partial charge in [0, 0.05) is 24.9 Å². The Morgan fingerprint density at radius 1 is 1.18 bits per heavy atom. The molecule has 160 valence electrons. The van der Waals surface area contributed by atoms with Gasteiger partial charge in [-0.2, -0.15) is 4.48 Å². The van der Waals surface area contributed by atoms with Crippen LogP contribution in [0, 0.1) is 5.92 Å². The fourth-order valence-electron chi connectivity index (χ4n) is 4.60. The van der Waals surface area contributed by atoms with Gasteiger partial charge in [-0.1, -0.05) is 20.8 Å². The lowest BCUT2D eigenvalue weighted by Gasteiger charge is -2.39. The van der Waals surface area contributed by atoms with Crippen molar-refractivity contribution in [3.8, 4) is 0 Å². The summed E-state index contributed by atoms with van der Waals surface area (Å²) >= 11 is 0. The van der Waals surface area contributed by atoms with Crippen LogP contribution in [0.3, 0.4) is 0 Å². The predicted octanol–water partition coefficient (Wildman–Crippen LogP) is 2.38. The minimum Gasteiger partial charge on any atom is -0.325 e. The van der Waals surface area contributed by atoms with E-state index in [-0.39, 0.29) is 34.3 Å². The number of carbonyl (C=O) groups excluding carboxylic acids is 3. The zero-order chi connectivity index (χ0) is 21.3. The summed E-state index contributed by atoms with van der Waals surface area (Å²) in [4.78, 5) is 41.8. The Balaban J connectivity index is 2.37. The molecule has 0 aromatic rings. The number of likely N-dealkylation sites (tertiary alicyclic amines) is 2. The summed E-state index contributed by atoms with van der Waals surface area (Å²) < 4.78 is -0.181. The van der Waals surface area contributed by atoms with Gasteiger partial charge in [0.05, 0.1) is 12.6 Å². The molecule has 2 fully saturated rings. The number of urea groups is 1. The van der Waals surface area contributed by atoms with E-state index in [4.69, 9.17) is 5.73 Å². The molecule has 0 spiro atoms. The third kappa shape index (κ3) is 4.25. The number of nitrogens with one attached hydrogen (secondary N) is 1. The van der Waals surface area contributed by atoms with Crippen LogP contribution in [0.1, 0.15) is 73.6 Å². The first-order chi connectivity index (χ1) is 13.0. The van der Waals surface area contributed by atoms with E-state index in [0.29, 0.717) is 19.5 Å². The van der Waals surface area contributed by atoms with Crippen molar-refractivity contribution in [2.24, 2.45) is 11.7 Å². The molecule has 2 aliphatic heterocycles. The highest BCUT2D eigenvalue weighted by Crippen LogP contribution is 2.35. The van der Waals surface area contributed by atoms with Crippen molar-refractivity contribution >= 4 is 17.8 Å². The van der Waals surface area contributed by atoms with Crippen LogP contribution in [0.25, 0.3) is 0 Å². The van der Waals surface area contributed by atoms with Crippen molar-refractivity contribution in [3.05, 3.63) is 0 Å². The van der Waals surface area contributed by atoms with Crippen molar-refractivity contribution in [1.82, 2.24) is 10.2 Å². The molecule has 2 saturated heterocycles. The molecule has 2 aliphatic rings. The van der Waals surface area contributed by atoms with Gasteiger partial charge < -0.3 is 16.0 Å². The minimum atomic E-state index is -0.620. The van der Waals surface area contributed by atoms with Crippen LogP contribution in [0.4, 0.5) is 4.79 Å². The van der Waals surface area contributed by atoms with E-state index >= 15 is 0 Å². The molecule has 0 aromatic heterocycles. The molecule has 1 unspecified atom stereocenters. The summed E-state index contributed by atoms with van der Waals surface area (Å²) in [7, 11) is 0. The van der Waals surface area contributed by atoms with Gasteiger partial charge in [-0.25, -0.2) is 9.59 Å². The molecule has 7 heteroatoms. The first-order valence-electron chi connectivity index (χ1n) is 10.8. The Labute approximate surface area is 169 Å². The van der Waals surface area contributed by atoms with Crippen LogP contribution in [0.5, 0.6) is 0 Å². The highest BCUT2D eigenvalue weighted by Gasteiger charge is 2.58. The number of carbonyl (C=O) groups is 3. The van der Waals surface area contributed by atoms with Crippen molar-refractivity contribution in [3.63, 3.8) is 0 Å². The second-order valence-corrected chi connectivity index (χ2v) is 9.77. The fraction of sp³-hybridized carbons (Fsp3) is 0.857. The van der Waals surface area contributed by atoms with E-state index in [1.54, 1.807) is 4.90 Å². The van der Waals surface area contributed by atoms with E-state index in [2.05, 4.69) is 5.32 Å². The number of amides is 4. The van der Waals surface area contributed by atoms with Gasteiger partial charge in [0.15, 0.2) is 0 Å². The lowest BCUT2D eigenvalue weighted by molar-refractivity contribution is -0.789. The number of hydrogen-bond acceptors (Lipinski definition) is 4. The maximum absolute atomic E-state index is 13.9. The molecule has 0 saturated carbocycles. The molecule has 28 heavy (non-hydrogen) atoms. The Bertz CT molecular complexity index is 613. The molecule has 0 aliphatic carbocycles. The van der Waals surface area contributed by atoms with Crippen LogP contribution in [-0.4, -0.2) is 64.0 Å². The van der Waals surface area contributed by atoms with E-state index in [1.807, 2.05) is 41.5 Å². The summed E-state index contributed by atoms with van der Waals surface area (Å²) in [5.41, 5.74) is 5.68. The highest BCUT2D eigenvalue weighted by molar-refractivity contribution is 5.92. The molecule has 2 heterocycles. The first kappa shape index (κ1) is 22.8. The first-order valence-corrected chi connectivity index (χ1v) is 10.8. The number of imide groups is 1. The molecular formula is C21H39N4O3+. The number of nitrogens with two attached hydrogens (primary N) is 1. The maximum atomic E-state index is 13.9. The van der Waals surface area contributed by atoms with Crippen molar-refractivity contribution in [2.75, 3.05) is 13.1 Å². The van der Waals surface area contributed by atoms with Crippen LogP contribution < -0.4 is 11.1 Å². The predicted molar refractivity (Wildman–Crippen MR) is 109 cm³/mol. The second kappa shape index (κ2) is 8.49. The third-order valence-corrected chi connectivity index (χ3v) is 6.20. The van der Waals surface area contributed by atoms with Gasteiger partial charge in [-0.3, -0.25) is 4.79 Å². The molecule has 4 atom stereocenters. The number of quaternary nitrogens is 1. The summed E-state index contributed by atoms with van der Waals surface area (Å²) in [5.74, 6) is -0.299. The summed E-state index contributed by atoms with van der Waals surface area (Å²) in [5, 5.41) is 3.04. The molecule has 2 rings (SSSR count). The van der Waals surface area contributed by atoms with E-state index in [1.165, 1.54) is 0 Å². The monoisotopic (exact) mass is 395 g/mol. The summed E-state index contributed by atoms with van der Waals surface area (Å²) in [6.45, 7) is 12.7. The van der Waals surface area contributed by atoms with Crippen LogP contribution in [-0.2, 0) is 9.59 Å². The topological polar surface area (TPSA) is 92.5 Å². The Kier molecular flexibility index (Phi) is 6.92. The van der Waals surface area contributed by atoms with Crippen LogP contribution >= 0.6 is 0 Å². The molecule has 4 amide bonds. The number of nitrogens with zero attached hydrogens (tertiary/aromatic N) is 2. The van der Waals surface area contributed by atoms with E-state index in [9.17, 15) is 14.4 Å². The van der Waals surface area contributed by atoms with Crippen molar-refractivity contribution in [1.29, 1.82) is 0 Å². The summed E-state index contributed by atoms with van der Waals surface area (Å²) in [6.07, 6.45) is 3.83. The minimum absolute atomic E-state index is 0.00589. The number of rotatable bonds is 4. The quantitative estimate of drug-likeness (QED) is 0.715. The van der Waals surface area contributed by atoms with E-state index < -0.39 is 17.6 Å². The second-order valence-electron chi connectivity index (χ2n) is 9.77.